The quantitative estimate of drug-likeness (QED) is 0.127. The molecule has 0 unspecified atom stereocenters. The normalized spacial score (nSPS) is 12.8. The van der Waals surface area contributed by atoms with Gasteiger partial charge in [-0.2, -0.15) is 12.1 Å². The standard InChI is InChI=1S/C47H34N5O.Pt/c1-47(2,3)33-24-26-48-44(27-33)52-40-17-7-6-16-38(40)39-23-22-36(29-43(39)52)53-35-14-9-13-34(28-35)50-30-51(46-42(50)19-10-25-49-46)41-18-8-12-32-21-20-31-11-4-5-15-37(31)45(32)41;/h4-27,30H,1-3H3;/q-3;. The molecule has 1 aliphatic rings. The van der Waals surface area contributed by atoms with Crippen LogP contribution in [0.3, 0.4) is 0 Å². The van der Waals surface area contributed by atoms with E-state index in [1.807, 2.05) is 42.7 Å². The minimum absolute atomic E-state index is 0. The van der Waals surface area contributed by atoms with Gasteiger partial charge in [0.15, 0.2) is 0 Å². The number of fused-ring (bicyclic) bond motifs is 7. The molecule has 0 bridgehead atoms. The number of para-hydroxylation sites is 1. The Morgan fingerprint density at radius 1 is 0.611 bits per heavy atom. The number of aromatic nitrogens is 3. The fourth-order valence-corrected chi connectivity index (χ4v) is 7.54. The summed E-state index contributed by atoms with van der Waals surface area (Å²) in [5, 5.41) is 7.00. The summed E-state index contributed by atoms with van der Waals surface area (Å²) in [7, 11) is 0. The van der Waals surface area contributed by atoms with Gasteiger partial charge in [0.25, 0.3) is 0 Å². The van der Waals surface area contributed by atoms with Crippen molar-refractivity contribution in [3.8, 4) is 17.3 Å². The maximum atomic E-state index is 6.54. The van der Waals surface area contributed by atoms with Crippen LogP contribution in [0.15, 0.2) is 146 Å². The van der Waals surface area contributed by atoms with Crippen LogP contribution >= 0.6 is 0 Å². The summed E-state index contributed by atoms with van der Waals surface area (Å²) in [6, 6.07) is 53.3. The van der Waals surface area contributed by atoms with Gasteiger partial charge < -0.3 is 19.1 Å². The largest absolute Gasteiger partial charge is 0.509 e. The third-order valence-electron chi connectivity index (χ3n) is 10.1. The predicted octanol–water partition coefficient (Wildman–Crippen LogP) is 12.0. The second kappa shape index (κ2) is 13.2. The summed E-state index contributed by atoms with van der Waals surface area (Å²) in [5.41, 5.74) is 6.04. The zero-order valence-corrected chi connectivity index (χ0v) is 32.2. The molecule has 266 valence electrons. The molecule has 0 fully saturated rings. The number of hydrogen-bond donors (Lipinski definition) is 0. The molecule has 0 N–H and O–H groups in total. The smallest absolute Gasteiger partial charge is 0.135 e. The average Bonchev–Trinajstić information content (AvgIpc) is 3.73. The van der Waals surface area contributed by atoms with Crippen molar-refractivity contribution in [1.29, 1.82) is 0 Å². The molecule has 0 amide bonds. The van der Waals surface area contributed by atoms with Crippen LogP contribution in [0.5, 0.6) is 11.5 Å². The van der Waals surface area contributed by atoms with Gasteiger partial charge in [-0.3, -0.25) is 0 Å². The Morgan fingerprint density at radius 3 is 2.26 bits per heavy atom. The maximum absolute atomic E-state index is 6.54. The van der Waals surface area contributed by atoms with E-state index in [0.29, 0.717) is 11.5 Å². The minimum atomic E-state index is -0.0150. The molecule has 10 rings (SSSR count). The first-order valence-corrected chi connectivity index (χ1v) is 17.8. The van der Waals surface area contributed by atoms with E-state index in [1.54, 1.807) is 0 Å². The fourth-order valence-electron chi connectivity index (χ4n) is 7.54. The molecule has 0 saturated heterocycles. The number of ether oxygens (including phenoxy) is 1. The van der Waals surface area contributed by atoms with Gasteiger partial charge in [-0.25, -0.2) is 9.97 Å². The molecule has 6 aromatic carbocycles. The summed E-state index contributed by atoms with van der Waals surface area (Å²) >= 11 is 0. The number of anilines is 4. The molecule has 0 saturated carbocycles. The molecule has 0 spiro atoms. The summed E-state index contributed by atoms with van der Waals surface area (Å²) < 4.78 is 8.72. The van der Waals surface area contributed by atoms with Gasteiger partial charge in [0, 0.05) is 61.5 Å². The first-order chi connectivity index (χ1) is 25.9. The Morgan fingerprint density at radius 2 is 1.37 bits per heavy atom. The first-order valence-electron chi connectivity index (χ1n) is 17.8. The van der Waals surface area contributed by atoms with Gasteiger partial charge in [0.1, 0.15) is 11.6 Å². The topological polar surface area (TPSA) is 46.4 Å². The van der Waals surface area contributed by atoms with Crippen molar-refractivity contribution < 1.29 is 25.8 Å². The molecule has 6 nitrogen and oxygen atoms in total. The van der Waals surface area contributed by atoms with Crippen LogP contribution in [0.2, 0.25) is 0 Å². The van der Waals surface area contributed by atoms with Gasteiger partial charge in [-0.15, -0.1) is 48.1 Å². The van der Waals surface area contributed by atoms with Crippen LogP contribution in [-0.4, -0.2) is 14.5 Å². The van der Waals surface area contributed by atoms with E-state index in [2.05, 4.69) is 157 Å². The van der Waals surface area contributed by atoms with Gasteiger partial charge in [-0.05, 0) is 68.9 Å². The number of rotatable bonds is 5. The Labute approximate surface area is 328 Å². The van der Waals surface area contributed by atoms with Crippen LogP contribution in [0.25, 0.3) is 49.2 Å². The molecule has 0 radical (unpaired) electrons. The maximum Gasteiger partial charge on any atom is 0.135 e. The Balaban J connectivity index is 0.00000384. The molecule has 7 heteroatoms. The Kier molecular flexibility index (Phi) is 8.24. The van der Waals surface area contributed by atoms with E-state index in [9.17, 15) is 0 Å². The number of benzene rings is 6. The second-order valence-corrected chi connectivity index (χ2v) is 14.5. The van der Waals surface area contributed by atoms with Crippen molar-refractivity contribution in [2.45, 2.75) is 26.2 Å². The number of pyridine rings is 2. The van der Waals surface area contributed by atoms with E-state index in [-0.39, 0.29) is 26.5 Å². The van der Waals surface area contributed by atoms with Crippen molar-refractivity contribution in [2.24, 2.45) is 0 Å². The molecule has 1 aliphatic heterocycles. The zero-order valence-electron chi connectivity index (χ0n) is 29.9. The number of nitrogens with zero attached hydrogens (tertiary/aromatic N) is 5. The molecular formula is C47H34N5OPt-3. The molecule has 9 aromatic rings. The fraction of sp³-hybridized carbons (Fsp3) is 0.0851. The average molecular weight is 880 g/mol. The van der Waals surface area contributed by atoms with E-state index in [1.165, 1.54) is 27.1 Å². The van der Waals surface area contributed by atoms with E-state index in [0.717, 1.165) is 50.5 Å². The number of hydrogen-bond acceptors (Lipinski definition) is 5. The van der Waals surface area contributed by atoms with E-state index >= 15 is 0 Å². The van der Waals surface area contributed by atoms with Gasteiger partial charge in [0.05, 0.1) is 5.69 Å². The third-order valence-corrected chi connectivity index (χ3v) is 10.1. The molecule has 4 heterocycles. The van der Waals surface area contributed by atoms with Crippen molar-refractivity contribution in [3.63, 3.8) is 0 Å². The van der Waals surface area contributed by atoms with Crippen molar-refractivity contribution in [1.82, 2.24) is 14.5 Å². The summed E-state index contributed by atoms with van der Waals surface area (Å²) in [5.74, 6) is 2.88. The van der Waals surface area contributed by atoms with Gasteiger partial charge in [-0.1, -0.05) is 93.0 Å². The third kappa shape index (κ3) is 5.61. The van der Waals surface area contributed by atoms with Gasteiger partial charge >= 0.3 is 0 Å². The summed E-state index contributed by atoms with van der Waals surface area (Å²) in [6.45, 7) is 8.76. The first kappa shape index (κ1) is 33.8. The van der Waals surface area contributed by atoms with E-state index < -0.39 is 0 Å². The van der Waals surface area contributed by atoms with Crippen molar-refractivity contribution in [2.75, 3.05) is 9.80 Å². The van der Waals surface area contributed by atoms with Crippen LogP contribution in [0.4, 0.5) is 22.9 Å². The summed E-state index contributed by atoms with van der Waals surface area (Å²) in [6.07, 6.45) is 3.74. The Hall–Kier alpha value is -5.97. The Bertz CT molecular complexity index is 2870. The zero-order chi connectivity index (χ0) is 35.7. The van der Waals surface area contributed by atoms with Crippen LogP contribution in [0, 0.1) is 18.8 Å². The molecule has 0 atom stereocenters. The van der Waals surface area contributed by atoms with E-state index in [4.69, 9.17) is 14.7 Å². The van der Waals surface area contributed by atoms with Gasteiger partial charge in [0.2, 0.25) is 0 Å². The SMILES string of the molecule is CC(C)(C)c1ccnc(-n2c3[c-]c(Oc4[c-]c(N5[CH-]N(c6cccc7ccc8ccccc8c67)c6ncccc65)ccc4)ccc3c3ccccc32)c1.[Pt]. The monoisotopic (exact) mass is 879 g/mol. The molecule has 0 aliphatic carbocycles. The molecule has 54 heavy (non-hydrogen) atoms. The van der Waals surface area contributed by atoms with Crippen LogP contribution in [-0.2, 0) is 26.5 Å². The minimum Gasteiger partial charge on any atom is -0.509 e. The molecular weight excluding hydrogens is 846 g/mol. The van der Waals surface area contributed by atoms with Crippen LogP contribution < -0.4 is 14.5 Å². The predicted molar refractivity (Wildman–Crippen MR) is 216 cm³/mol. The molecule has 3 aromatic heterocycles. The van der Waals surface area contributed by atoms with Crippen molar-refractivity contribution >= 4 is 66.2 Å². The second-order valence-electron chi connectivity index (χ2n) is 14.5. The van der Waals surface area contributed by atoms with Crippen LogP contribution in [0.1, 0.15) is 26.3 Å². The summed E-state index contributed by atoms with van der Waals surface area (Å²) in [4.78, 5) is 14.0. The van der Waals surface area contributed by atoms with Crippen molar-refractivity contribution in [3.05, 3.63) is 170 Å².